The Balaban J connectivity index is 1.54. The van der Waals surface area contributed by atoms with E-state index < -0.39 is 0 Å². The summed E-state index contributed by atoms with van der Waals surface area (Å²) in [6, 6.07) is 6.07. The van der Waals surface area contributed by atoms with E-state index in [9.17, 15) is 4.79 Å². The molecule has 0 spiro atoms. The maximum atomic E-state index is 12.5. The molecule has 1 saturated heterocycles. The number of likely N-dealkylation sites (tertiary alicyclic amines) is 1. The SMILES string of the molecule is CN1CCC(C(=O)Nc2ncc3ccc(-c4nnc(N(C)C)o4)cc3n2)CC1. The Hall–Kier alpha value is -3.07. The Labute approximate surface area is 162 Å². The number of aromatic nitrogens is 4. The van der Waals surface area contributed by atoms with E-state index in [0.29, 0.717) is 23.4 Å². The summed E-state index contributed by atoms with van der Waals surface area (Å²) in [6.45, 7) is 1.86. The zero-order chi connectivity index (χ0) is 19.7. The van der Waals surface area contributed by atoms with Crippen LogP contribution in [0.15, 0.2) is 28.8 Å². The average molecular weight is 381 g/mol. The van der Waals surface area contributed by atoms with Crippen LogP contribution in [-0.2, 0) is 4.79 Å². The highest BCUT2D eigenvalue weighted by molar-refractivity contribution is 5.92. The lowest BCUT2D eigenvalue weighted by Crippen LogP contribution is -2.36. The van der Waals surface area contributed by atoms with E-state index in [1.165, 1.54) is 0 Å². The lowest BCUT2D eigenvalue weighted by molar-refractivity contribution is -0.121. The van der Waals surface area contributed by atoms with Gasteiger partial charge < -0.3 is 14.2 Å². The molecule has 0 saturated carbocycles. The molecule has 0 unspecified atom stereocenters. The maximum absolute atomic E-state index is 12.5. The van der Waals surface area contributed by atoms with Crippen LogP contribution in [0.1, 0.15) is 12.8 Å². The van der Waals surface area contributed by atoms with Crippen molar-refractivity contribution in [3.8, 4) is 11.5 Å². The molecule has 9 heteroatoms. The number of nitrogens with zero attached hydrogens (tertiary/aromatic N) is 6. The molecular formula is C19H23N7O2. The van der Waals surface area contributed by atoms with Crippen LogP contribution in [0.5, 0.6) is 0 Å². The molecule has 0 aliphatic carbocycles. The van der Waals surface area contributed by atoms with E-state index in [4.69, 9.17) is 4.42 Å². The summed E-state index contributed by atoms with van der Waals surface area (Å²) in [5, 5.41) is 11.8. The number of carbonyl (C=O) groups is 1. The quantitative estimate of drug-likeness (QED) is 0.733. The molecule has 4 rings (SSSR count). The summed E-state index contributed by atoms with van der Waals surface area (Å²) in [5.74, 6) is 0.718. The van der Waals surface area contributed by atoms with Gasteiger partial charge in [0, 0.05) is 37.2 Å². The zero-order valence-electron chi connectivity index (χ0n) is 16.2. The molecule has 9 nitrogen and oxygen atoms in total. The van der Waals surface area contributed by atoms with E-state index in [-0.39, 0.29) is 11.8 Å². The number of hydrogen-bond donors (Lipinski definition) is 1. The van der Waals surface area contributed by atoms with E-state index in [1.807, 2.05) is 32.3 Å². The number of amides is 1. The Morgan fingerprint density at radius 3 is 2.75 bits per heavy atom. The minimum absolute atomic E-state index is 0.00433. The van der Waals surface area contributed by atoms with E-state index >= 15 is 0 Å². The smallest absolute Gasteiger partial charge is 0.317 e. The number of piperidine rings is 1. The minimum Gasteiger partial charge on any atom is -0.403 e. The number of hydrogen-bond acceptors (Lipinski definition) is 8. The fourth-order valence-electron chi connectivity index (χ4n) is 3.21. The average Bonchev–Trinajstić information content (AvgIpc) is 3.18. The largest absolute Gasteiger partial charge is 0.403 e. The van der Waals surface area contributed by atoms with Crippen molar-refractivity contribution in [2.45, 2.75) is 12.8 Å². The first-order valence-electron chi connectivity index (χ1n) is 9.27. The summed E-state index contributed by atoms with van der Waals surface area (Å²) < 4.78 is 5.65. The third-order valence-corrected chi connectivity index (χ3v) is 4.95. The van der Waals surface area contributed by atoms with Crippen LogP contribution in [0, 0.1) is 5.92 Å². The van der Waals surface area contributed by atoms with Crippen LogP contribution in [0.3, 0.4) is 0 Å². The predicted molar refractivity (Wildman–Crippen MR) is 106 cm³/mol. The molecule has 1 fully saturated rings. The number of fused-ring (bicyclic) bond motifs is 1. The van der Waals surface area contributed by atoms with Gasteiger partial charge in [0.2, 0.25) is 17.7 Å². The zero-order valence-corrected chi connectivity index (χ0v) is 16.2. The van der Waals surface area contributed by atoms with Crippen LogP contribution in [0.25, 0.3) is 22.4 Å². The van der Waals surface area contributed by atoms with Gasteiger partial charge in [-0.05, 0) is 45.1 Å². The molecule has 3 heterocycles. The topological polar surface area (TPSA) is 100 Å². The normalized spacial score (nSPS) is 15.7. The fraction of sp³-hybridized carbons (Fsp3) is 0.421. The molecule has 1 aliphatic heterocycles. The number of carbonyl (C=O) groups excluding carboxylic acids is 1. The summed E-state index contributed by atoms with van der Waals surface area (Å²) in [4.78, 5) is 25.3. The summed E-state index contributed by atoms with van der Waals surface area (Å²) in [5.41, 5.74) is 1.47. The summed E-state index contributed by atoms with van der Waals surface area (Å²) in [7, 11) is 5.75. The first kappa shape index (κ1) is 18.3. The number of nitrogens with one attached hydrogen (secondary N) is 1. The fourth-order valence-corrected chi connectivity index (χ4v) is 3.21. The van der Waals surface area contributed by atoms with Gasteiger partial charge in [0.05, 0.1) is 5.52 Å². The van der Waals surface area contributed by atoms with E-state index in [1.54, 1.807) is 11.1 Å². The van der Waals surface area contributed by atoms with Crippen molar-refractivity contribution < 1.29 is 9.21 Å². The van der Waals surface area contributed by atoms with Gasteiger partial charge in [-0.2, -0.15) is 0 Å². The second kappa shape index (κ2) is 7.51. The van der Waals surface area contributed by atoms with Crippen molar-refractivity contribution in [1.29, 1.82) is 0 Å². The van der Waals surface area contributed by atoms with E-state index in [2.05, 4.69) is 37.4 Å². The van der Waals surface area contributed by atoms with Gasteiger partial charge in [-0.25, -0.2) is 9.97 Å². The van der Waals surface area contributed by atoms with Crippen LogP contribution in [0.4, 0.5) is 12.0 Å². The van der Waals surface area contributed by atoms with Crippen molar-refractivity contribution in [1.82, 2.24) is 25.1 Å². The second-order valence-electron chi connectivity index (χ2n) is 7.32. The Kier molecular flexibility index (Phi) is 4.91. The van der Waals surface area contributed by atoms with Gasteiger partial charge in [0.1, 0.15) is 0 Å². The van der Waals surface area contributed by atoms with Gasteiger partial charge in [0.15, 0.2) is 0 Å². The molecule has 0 radical (unpaired) electrons. The third kappa shape index (κ3) is 3.79. The first-order valence-corrected chi connectivity index (χ1v) is 9.27. The lowest BCUT2D eigenvalue weighted by atomic mass is 9.96. The van der Waals surface area contributed by atoms with Crippen LogP contribution < -0.4 is 10.2 Å². The van der Waals surface area contributed by atoms with E-state index in [0.717, 1.165) is 36.9 Å². The van der Waals surface area contributed by atoms with Crippen LogP contribution in [0.2, 0.25) is 0 Å². The van der Waals surface area contributed by atoms with Crippen molar-refractivity contribution >= 4 is 28.8 Å². The molecule has 0 bridgehead atoms. The highest BCUT2D eigenvalue weighted by Crippen LogP contribution is 2.25. The Morgan fingerprint density at radius 1 is 1.25 bits per heavy atom. The number of anilines is 2. The lowest BCUT2D eigenvalue weighted by Gasteiger charge is -2.27. The maximum Gasteiger partial charge on any atom is 0.317 e. The molecule has 28 heavy (non-hydrogen) atoms. The molecule has 146 valence electrons. The van der Waals surface area contributed by atoms with Gasteiger partial charge in [-0.3, -0.25) is 10.1 Å². The van der Waals surface area contributed by atoms with Crippen molar-refractivity contribution in [2.75, 3.05) is 44.4 Å². The molecule has 0 atom stereocenters. The highest BCUT2D eigenvalue weighted by Gasteiger charge is 2.24. The Bertz CT molecular complexity index is 993. The van der Waals surface area contributed by atoms with Crippen LogP contribution in [-0.4, -0.2) is 65.2 Å². The summed E-state index contributed by atoms with van der Waals surface area (Å²) in [6.07, 6.45) is 3.41. The number of benzene rings is 1. The third-order valence-electron chi connectivity index (χ3n) is 4.95. The van der Waals surface area contributed by atoms with Crippen LogP contribution >= 0.6 is 0 Å². The van der Waals surface area contributed by atoms with Gasteiger partial charge in [-0.1, -0.05) is 11.2 Å². The van der Waals surface area contributed by atoms with Crippen molar-refractivity contribution in [3.63, 3.8) is 0 Å². The standard InChI is InChI=1S/C19H23N7O2/c1-25(2)19-24-23-17(28-19)13-4-5-14-11-20-18(21-15(14)10-13)22-16(27)12-6-8-26(3)9-7-12/h4-5,10-12H,6-9H2,1-3H3,(H,20,21,22,27). The molecule has 1 amide bonds. The van der Waals surface area contributed by atoms with Gasteiger partial charge in [-0.15, -0.1) is 5.10 Å². The highest BCUT2D eigenvalue weighted by atomic mass is 16.4. The van der Waals surface area contributed by atoms with Crippen molar-refractivity contribution in [3.05, 3.63) is 24.4 Å². The molecule has 1 aromatic carbocycles. The molecular weight excluding hydrogens is 358 g/mol. The Morgan fingerprint density at radius 2 is 2.04 bits per heavy atom. The molecule has 1 aliphatic rings. The monoisotopic (exact) mass is 381 g/mol. The number of rotatable bonds is 4. The second-order valence-corrected chi connectivity index (χ2v) is 7.32. The minimum atomic E-state index is -0.0175. The van der Waals surface area contributed by atoms with Gasteiger partial charge in [0.25, 0.3) is 0 Å². The molecule has 1 N–H and O–H groups in total. The first-order chi connectivity index (χ1) is 13.5. The van der Waals surface area contributed by atoms with Gasteiger partial charge >= 0.3 is 6.01 Å². The molecule has 2 aromatic heterocycles. The predicted octanol–water partition coefficient (Wildman–Crippen LogP) is 2.03. The molecule has 3 aromatic rings. The van der Waals surface area contributed by atoms with Crippen molar-refractivity contribution in [2.24, 2.45) is 5.92 Å². The summed E-state index contributed by atoms with van der Waals surface area (Å²) >= 11 is 0.